The SMILES string of the molecule is CCN(CC)C(=O)C1=C(C)N=c2s/c(=C/c3cccc(OCc4ccc(Cl)c(Cl)c4)c3)c(=O)n2[C@H]1c1ccc(Cl)cc1. The predicted molar refractivity (Wildman–Crippen MR) is 170 cm³/mol. The van der Waals surface area contributed by atoms with Gasteiger partial charge in [-0.1, -0.05) is 76.5 Å². The van der Waals surface area contributed by atoms with Crippen molar-refractivity contribution in [1.82, 2.24) is 9.47 Å². The van der Waals surface area contributed by atoms with Crippen LogP contribution in [0.1, 0.15) is 43.5 Å². The van der Waals surface area contributed by atoms with E-state index < -0.39 is 6.04 Å². The van der Waals surface area contributed by atoms with Gasteiger partial charge in [-0.05, 0) is 79.9 Å². The molecular weight excluding hydrogens is 613 g/mol. The molecule has 0 fully saturated rings. The minimum absolute atomic E-state index is 0.137. The zero-order valence-electron chi connectivity index (χ0n) is 23.2. The molecule has 1 aliphatic heterocycles. The number of nitrogens with zero attached hydrogens (tertiary/aromatic N) is 3. The first-order chi connectivity index (χ1) is 20.2. The van der Waals surface area contributed by atoms with E-state index in [1.165, 1.54) is 11.3 Å². The summed E-state index contributed by atoms with van der Waals surface area (Å²) in [6.45, 7) is 7.11. The fraction of sp³-hybridized carbons (Fsp3) is 0.219. The van der Waals surface area contributed by atoms with Crippen LogP contribution < -0.4 is 19.6 Å². The molecule has 4 aromatic rings. The highest BCUT2D eigenvalue weighted by Crippen LogP contribution is 2.32. The topological polar surface area (TPSA) is 63.9 Å². The lowest BCUT2D eigenvalue weighted by molar-refractivity contribution is -0.127. The number of carbonyl (C=O) groups excluding carboxylic acids is 1. The van der Waals surface area contributed by atoms with Crippen LogP contribution in [-0.2, 0) is 11.4 Å². The first-order valence-electron chi connectivity index (χ1n) is 13.4. The molecule has 216 valence electrons. The van der Waals surface area contributed by atoms with Crippen LogP contribution in [-0.4, -0.2) is 28.5 Å². The summed E-state index contributed by atoms with van der Waals surface area (Å²) in [4.78, 5) is 34.7. The summed E-state index contributed by atoms with van der Waals surface area (Å²) in [5.41, 5.74) is 3.32. The van der Waals surface area contributed by atoms with Crippen LogP contribution in [0.5, 0.6) is 5.75 Å². The van der Waals surface area contributed by atoms with E-state index in [0.29, 0.717) is 61.1 Å². The quantitative estimate of drug-likeness (QED) is 0.217. The smallest absolute Gasteiger partial charge is 0.271 e. The molecule has 0 saturated heterocycles. The summed E-state index contributed by atoms with van der Waals surface area (Å²) in [6.07, 6.45) is 1.82. The third-order valence-corrected chi connectivity index (χ3v) is 9.01. The fourth-order valence-electron chi connectivity index (χ4n) is 4.88. The molecule has 1 amide bonds. The number of hydrogen-bond donors (Lipinski definition) is 0. The second kappa shape index (κ2) is 12.9. The normalized spacial score (nSPS) is 14.9. The molecule has 1 aromatic heterocycles. The highest BCUT2D eigenvalue weighted by molar-refractivity contribution is 7.07. The number of carbonyl (C=O) groups is 1. The van der Waals surface area contributed by atoms with Gasteiger partial charge in [0.1, 0.15) is 12.4 Å². The molecule has 0 aliphatic carbocycles. The van der Waals surface area contributed by atoms with E-state index in [1.54, 1.807) is 33.7 Å². The molecule has 0 unspecified atom stereocenters. The number of allylic oxidation sites excluding steroid dienone is 1. The largest absolute Gasteiger partial charge is 0.489 e. The average molecular weight is 641 g/mol. The molecule has 42 heavy (non-hydrogen) atoms. The summed E-state index contributed by atoms with van der Waals surface area (Å²) in [7, 11) is 0. The van der Waals surface area contributed by atoms with Crippen LogP contribution in [0.4, 0.5) is 0 Å². The molecule has 0 saturated carbocycles. The number of rotatable bonds is 8. The van der Waals surface area contributed by atoms with E-state index in [0.717, 1.165) is 16.7 Å². The van der Waals surface area contributed by atoms with E-state index >= 15 is 0 Å². The van der Waals surface area contributed by atoms with Crippen molar-refractivity contribution in [2.24, 2.45) is 4.99 Å². The summed E-state index contributed by atoms with van der Waals surface area (Å²) in [5.74, 6) is 0.506. The van der Waals surface area contributed by atoms with Gasteiger partial charge in [-0.25, -0.2) is 4.99 Å². The second-order valence-electron chi connectivity index (χ2n) is 9.72. The van der Waals surface area contributed by atoms with Crippen molar-refractivity contribution in [2.45, 2.75) is 33.4 Å². The predicted octanol–water partition coefficient (Wildman–Crippen LogP) is 6.64. The minimum Gasteiger partial charge on any atom is -0.489 e. The van der Waals surface area contributed by atoms with Crippen molar-refractivity contribution >= 4 is 58.1 Å². The van der Waals surface area contributed by atoms with Gasteiger partial charge in [0.2, 0.25) is 0 Å². The lowest BCUT2D eigenvalue weighted by Gasteiger charge is -2.29. The highest BCUT2D eigenvalue weighted by Gasteiger charge is 2.34. The Kier molecular flexibility index (Phi) is 9.23. The molecule has 10 heteroatoms. The van der Waals surface area contributed by atoms with E-state index in [2.05, 4.69) is 0 Å². The zero-order valence-corrected chi connectivity index (χ0v) is 26.3. The van der Waals surface area contributed by atoms with E-state index in [-0.39, 0.29) is 11.5 Å². The molecule has 6 nitrogen and oxygen atoms in total. The van der Waals surface area contributed by atoms with Crippen LogP contribution >= 0.6 is 46.1 Å². The number of benzene rings is 3. The van der Waals surface area contributed by atoms with Crippen LogP contribution in [0.3, 0.4) is 0 Å². The lowest BCUT2D eigenvalue weighted by Crippen LogP contribution is -2.43. The zero-order chi connectivity index (χ0) is 30.0. The Balaban J connectivity index is 1.54. The van der Waals surface area contributed by atoms with Gasteiger partial charge in [0, 0.05) is 18.1 Å². The van der Waals surface area contributed by atoms with E-state index in [9.17, 15) is 9.59 Å². The molecule has 0 spiro atoms. The Hall–Kier alpha value is -3.36. The van der Waals surface area contributed by atoms with Gasteiger partial charge in [0.05, 0.1) is 31.9 Å². The number of aromatic nitrogens is 1. The first-order valence-corrected chi connectivity index (χ1v) is 15.4. The van der Waals surface area contributed by atoms with Crippen molar-refractivity contribution < 1.29 is 9.53 Å². The number of hydrogen-bond acceptors (Lipinski definition) is 5. The van der Waals surface area contributed by atoms with Gasteiger partial charge >= 0.3 is 0 Å². The Morgan fingerprint density at radius 1 is 1.02 bits per heavy atom. The maximum absolute atomic E-state index is 14.0. The van der Waals surface area contributed by atoms with Crippen LogP contribution in [0.15, 0.2) is 87.8 Å². The summed E-state index contributed by atoms with van der Waals surface area (Å²) < 4.78 is 8.10. The second-order valence-corrected chi connectivity index (χ2v) is 12.0. The fourth-order valence-corrected chi connectivity index (χ4v) is 6.37. The summed E-state index contributed by atoms with van der Waals surface area (Å²) in [5, 5.41) is 1.53. The van der Waals surface area contributed by atoms with E-state index in [1.807, 2.05) is 69.3 Å². The number of ether oxygens (including phenoxy) is 1. The maximum atomic E-state index is 14.0. The Bertz CT molecular complexity index is 1860. The third kappa shape index (κ3) is 6.20. The van der Waals surface area contributed by atoms with Gasteiger partial charge in [-0.15, -0.1) is 0 Å². The number of fused-ring (bicyclic) bond motifs is 1. The minimum atomic E-state index is -0.630. The lowest BCUT2D eigenvalue weighted by atomic mass is 9.94. The Labute approximate surface area is 262 Å². The van der Waals surface area contributed by atoms with E-state index in [4.69, 9.17) is 44.5 Å². The summed E-state index contributed by atoms with van der Waals surface area (Å²) in [6, 6.07) is 19.5. The Morgan fingerprint density at radius 2 is 1.76 bits per heavy atom. The number of thiazole rings is 1. The van der Waals surface area contributed by atoms with Gasteiger partial charge in [0.15, 0.2) is 4.80 Å². The van der Waals surface area contributed by atoms with Crippen LogP contribution in [0.2, 0.25) is 15.1 Å². The number of halogens is 3. The molecule has 1 aliphatic rings. The molecule has 1 atom stereocenters. The monoisotopic (exact) mass is 639 g/mol. The van der Waals surface area contributed by atoms with Crippen LogP contribution in [0, 0.1) is 0 Å². The van der Waals surface area contributed by atoms with Gasteiger partial charge in [-0.3, -0.25) is 14.2 Å². The Morgan fingerprint density at radius 3 is 2.45 bits per heavy atom. The van der Waals surface area contributed by atoms with Gasteiger partial charge in [0.25, 0.3) is 11.5 Å². The molecule has 0 radical (unpaired) electrons. The molecule has 5 rings (SSSR count). The molecule has 2 heterocycles. The standard InChI is InChI=1S/C32H28Cl3N3O3S/c1-4-37(5-2)31(40)28-19(3)36-32-38(29(28)22-10-12-23(33)13-11-22)30(39)27(42-32)17-20-7-6-8-24(15-20)41-18-21-9-14-25(34)26(35)16-21/h6-17,29H,4-5,18H2,1-3H3/b27-17+/t29-/m0/s1. The van der Waals surface area contributed by atoms with Gasteiger partial charge in [-0.2, -0.15) is 0 Å². The molecule has 0 N–H and O–H groups in total. The average Bonchev–Trinajstić information content (AvgIpc) is 3.28. The van der Waals surface area contributed by atoms with Crippen molar-refractivity contribution in [2.75, 3.05) is 13.1 Å². The van der Waals surface area contributed by atoms with Crippen LogP contribution in [0.25, 0.3) is 6.08 Å². The number of likely N-dealkylation sites (N-methyl/N-ethyl adjacent to an activating group) is 1. The summed E-state index contributed by atoms with van der Waals surface area (Å²) >= 11 is 19.6. The molecule has 3 aromatic carbocycles. The first kappa shape index (κ1) is 30.1. The van der Waals surface area contributed by atoms with Crippen molar-refractivity contribution in [3.8, 4) is 5.75 Å². The molecular formula is C32H28Cl3N3O3S. The number of amides is 1. The van der Waals surface area contributed by atoms with Crippen molar-refractivity contribution in [3.05, 3.63) is 129 Å². The molecule has 0 bridgehead atoms. The third-order valence-electron chi connectivity index (χ3n) is 7.03. The highest BCUT2D eigenvalue weighted by atomic mass is 35.5. The van der Waals surface area contributed by atoms with Gasteiger partial charge < -0.3 is 9.64 Å². The van der Waals surface area contributed by atoms with Crippen molar-refractivity contribution in [3.63, 3.8) is 0 Å². The van der Waals surface area contributed by atoms with Crippen molar-refractivity contribution in [1.29, 1.82) is 0 Å². The maximum Gasteiger partial charge on any atom is 0.271 e.